The summed E-state index contributed by atoms with van der Waals surface area (Å²) in [6, 6.07) is 11.9. The predicted octanol–water partition coefficient (Wildman–Crippen LogP) is 2.47. The highest BCUT2D eigenvalue weighted by atomic mass is 16.4. The number of carboxylic acids is 2. The molecule has 0 aliphatic rings. The van der Waals surface area contributed by atoms with Crippen LogP contribution in [-0.2, 0) is 0 Å². The number of rotatable bonds is 4. The van der Waals surface area contributed by atoms with Crippen LogP contribution in [0.15, 0.2) is 48.7 Å². The SMILES string of the molecule is N#Cc1cccc(-c2cc(C(=O)O)cc(-c3cc(C(=O)O)ccn3)n2)n1. The molecule has 3 rings (SSSR count). The zero-order valence-electron chi connectivity index (χ0n) is 13.1. The minimum atomic E-state index is -1.18. The first kappa shape index (κ1) is 16.7. The van der Waals surface area contributed by atoms with Gasteiger partial charge in [-0.15, -0.1) is 0 Å². The number of hydrogen-bond donors (Lipinski definition) is 2. The third-order valence-corrected chi connectivity index (χ3v) is 3.47. The molecule has 0 radical (unpaired) electrons. The minimum absolute atomic E-state index is 0.00341. The Morgan fingerprint density at radius 3 is 2.15 bits per heavy atom. The molecule has 8 heteroatoms. The molecule has 0 unspecified atom stereocenters. The van der Waals surface area contributed by atoms with Crippen molar-refractivity contribution in [3.8, 4) is 28.8 Å². The molecule has 0 aliphatic carbocycles. The fraction of sp³-hybridized carbons (Fsp3) is 0. The van der Waals surface area contributed by atoms with Crippen LogP contribution >= 0.6 is 0 Å². The molecule has 126 valence electrons. The number of nitrogens with zero attached hydrogens (tertiary/aromatic N) is 4. The Balaban J connectivity index is 2.19. The molecule has 0 aromatic carbocycles. The minimum Gasteiger partial charge on any atom is -0.478 e. The lowest BCUT2D eigenvalue weighted by atomic mass is 10.1. The fourth-order valence-corrected chi connectivity index (χ4v) is 2.26. The fourth-order valence-electron chi connectivity index (χ4n) is 2.26. The molecule has 0 fully saturated rings. The van der Waals surface area contributed by atoms with E-state index in [0.717, 1.165) is 0 Å². The summed E-state index contributed by atoms with van der Waals surface area (Å²) < 4.78 is 0. The van der Waals surface area contributed by atoms with E-state index in [4.69, 9.17) is 10.4 Å². The van der Waals surface area contributed by atoms with Crippen LogP contribution in [0.1, 0.15) is 26.4 Å². The van der Waals surface area contributed by atoms with Gasteiger partial charge in [-0.1, -0.05) is 6.07 Å². The van der Waals surface area contributed by atoms with Crippen molar-refractivity contribution in [3.63, 3.8) is 0 Å². The van der Waals surface area contributed by atoms with E-state index in [2.05, 4.69) is 15.0 Å². The zero-order valence-corrected chi connectivity index (χ0v) is 13.1. The lowest BCUT2D eigenvalue weighted by Crippen LogP contribution is -2.02. The summed E-state index contributed by atoms with van der Waals surface area (Å²) >= 11 is 0. The summed E-state index contributed by atoms with van der Waals surface area (Å²) in [7, 11) is 0. The zero-order chi connectivity index (χ0) is 18.7. The van der Waals surface area contributed by atoms with Crippen LogP contribution in [0.25, 0.3) is 22.8 Å². The average molecular weight is 346 g/mol. The van der Waals surface area contributed by atoms with E-state index in [1.807, 2.05) is 6.07 Å². The normalized spacial score (nSPS) is 10.1. The van der Waals surface area contributed by atoms with Gasteiger partial charge in [0.15, 0.2) is 0 Å². The molecule has 2 N–H and O–H groups in total. The van der Waals surface area contributed by atoms with Crippen LogP contribution in [0, 0.1) is 11.3 Å². The Labute approximate surface area is 147 Å². The lowest BCUT2D eigenvalue weighted by Gasteiger charge is -2.07. The van der Waals surface area contributed by atoms with Crippen LogP contribution in [0.2, 0.25) is 0 Å². The quantitative estimate of drug-likeness (QED) is 0.735. The summed E-state index contributed by atoms with van der Waals surface area (Å²) in [6.07, 6.45) is 1.31. The molecule has 8 nitrogen and oxygen atoms in total. The molecular formula is C18H10N4O4. The predicted molar refractivity (Wildman–Crippen MR) is 89.3 cm³/mol. The monoisotopic (exact) mass is 346 g/mol. The van der Waals surface area contributed by atoms with Crippen LogP contribution < -0.4 is 0 Å². The Morgan fingerprint density at radius 1 is 0.846 bits per heavy atom. The van der Waals surface area contributed by atoms with Crippen LogP contribution in [0.4, 0.5) is 0 Å². The largest absolute Gasteiger partial charge is 0.478 e. The third-order valence-electron chi connectivity index (χ3n) is 3.47. The first-order chi connectivity index (χ1) is 12.5. The van der Waals surface area contributed by atoms with Crippen molar-refractivity contribution in [2.24, 2.45) is 0 Å². The van der Waals surface area contributed by atoms with Crippen LogP contribution in [-0.4, -0.2) is 37.1 Å². The Hall–Kier alpha value is -4.12. The first-order valence-corrected chi connectivity index (χ1v) is 7.30. The number of carbonyl (C=O) groups is 2. The average Bonchev–Trinajstić information content (AvgIpc) is 2.67. The summed E-state index contributed by atoms with van der Waals surface area (Å²) in [5.41, 5.74) is 1.07. The van der Waals surface area contributed by atoms with Gasteiger partial charge in [-0.25, -0.2) is 19.6 Å². The van der Waals surface area contributed by atoms with Gasteiger partial charge in [-0.05, 0) is 36.4 Å². The molecule has 3 heterocycles. The Morgan fingerprint density at radius 2 is 1.50 bits per heavy atom. The second-order valence-electron chi connectivity index (χ2n) is 5.19. The summed E-state index contributed by atoms with van der Waals surface area (Å²) in [5, 5.41) is 27.4. The van der Waals surface area contributed by atoms with Crippen LogP contribution in [0.5, 0.6) is 0 Å². The number of hydrogen-bond acceptors (Lipinski definition) is 6. The standard InChI is InChI=1S/C18H10N4O4/c19-9-12-2-1-3-13(21-12)15-7-11(18(25)26)8-16(22-15)14-6-10(17(23)24)4-5-20-14/h1-8H,(H,23,24)(H,25,26). The van der Waals surface area contributed by atoms with Gasteiger partial charge in [-0.2, -0.15) is 5.26 Å². The number of nitriles is 1. The summed E-state index contributed by atoms with van der Waals surface area (Å²) in [4.78, 5) is 35.1. The molecule has 0 saturated carbocycles. The maximum atomic E-state index is 11.5. The van der Waals surface area contributed by atoms with Gasteiger partial charge < -0.3 is 10.2 Å². The van der Waals surface area contributed by atoms with E-state index in [1.165, 1.54) is 36.5 Å². The summed E-state index contributed by atoms with van der Waals surface area (Å²) in [5.74, 6) is -2.31. The van der Waals surface area contributed by atoms with E-state index >= 15 is 0 Å². The number of aromatic nitrogens is 3. The Bertz CT molecular complexity index is 1070. The molecule has 0 aliphatic heterocycles. The molecule has 3 aromatic heterocycles. The van der Waals surface area contributed by atoms with Gasteiger partial charge in [0.1, 0.15) is 11.8 Å². The highest BCUT2D eigenvalue weighted by Gasteiger charge is 2.14. The van der Waals surface area contributed by atoms with Gasteiger partial charge in [0.05, 0.1) is 33.9 Å². The molecule has 0 amide bonds. The maximum Gasteiger partial charge on any atom is 0.335 e. The van der Waals surface area contributed by atoms with E-state index in [1.54, 1.807) is 12.1 Å². The first-order valence-electron chi connectivity index (χ1n) is 7.30. The van der Waals surface area contributed by atoms with E-state index in [0.29, 0.717) is 5.69 Å². The molecule has 26 heavy (non-hydrogen) atoms. The third kappa shape index (κ3) is 3.37. The molecule has 0 spiro atoms. The van der Waals surface area contributed by atoms with Gasteiger partial charge in [0.2, 0.25) is 0 Å². The van der Waals surface area contributed by atoms with Crippen LogP contribution in [0.3, 0.4) is 0 Å². The van der Waals surface area contributed by atoms with Gasteiger partial charge in [0.25, 0.3) is 0 Å². The molecule has 0 atom stereocenters. The van der Waals surface area contributed by atoms with Crippen molar-refractivity contribution in [1.82, 2.24) is 15.0 Å². The highest BCUT2D eigenvalue weighted by molar-refractivity contribution is 5.91. The van der Waals surface area contributed by atoms with Gasteiger partial charge in [-0.3, -0.25) is 4.98 Å². The van der Waals surface area contributed by atoms with E-state index in [9.17, 15) is 14.7 Å². The van der Waals surface area contributed by atoms with Gasteiger partial charge in [0, 0.05) is 6.20 Å². The number of carboxylic acid groups (broad SMARTS) is 2. The molecule has 3 aromatic rings. The highest BCUT2D eigenvalue weighted by Crippen LogP contribution is 2.23. The second kappa shape index (κ2) is 6.78. The topological polar surface area (TPSA) is 137 Å². The van der Waals surface area contributed by atoms with Gasteiger partial charge >= 0.3 is 11.9 Å². The molecule has 0 saturated heterocycles. The van der Waals surface area contributed by atoms with Crippen molar-refractivity contribution >= 4 is 11.9 Å². The lowest BCUT2D eigenvalue weighted by molar-refractivity contribution is 0.0686. The van der Waals surface area contributed by atoms with E-state index < -0.39 is 11.9 Å². The molecule has 0 bridgehead atoms. The van der Waals surface area contributed by atoms with E-state index in [-0.39, 0.29) is 33.9 Å². The summed E-state index contributed by atoms with van der Waals surface area (Å²) in [6.45, 7) is 0. The number of aromatic carboxylic acids is 2. The number of pyridine rings is 3. The second-order valence-corrected chi connectivity index (χ2v) is 5.19. The van der Waals surface area contributed by atoms with Crippen molar-refractivity contribution in [2.45, 2.75) is 0 Å². The van der Waals surface area contributed by atoms with Crippen molar-refractivity contribution in [3.05, 3.63) is 65.5 Å². The van der Waals surface area contributed by atoms with Crippen molar-refractivity contribution in [2.75, 3.05) is 0 Å². The van der Waals surface area contributed by atoms with Crippen molar-refractivity contribution in [1.29, 1.82) is 5.26 Å². The Kier molecular flexibility index (Phi) is 4.36. The maximum absolute atomic E-state index is 11.5. The molecular weight excluding hydrogens is 336 g/mol. The smallest absolute Gasteiger partial charge is 0.335 e. The van der Waals surface area contributed by atoms with Crippen molar-refractivity contribution < 1.29 is 19.8 Å².